The van der Waals surface area contributed by atoms with Crippen molar-refractivity contribution in [2.45, 2.75) is 320 Å². The van der Waals surface area contributed by atoms with Crippen molar-refractivity contribution in [2.24, 2.45) is 17.8 Å². The molecule has 0 amide bonds. The van der Waals surface area contributed by atoms with Crippen molar-refractivity contribution in [1.29, 1.82) is 0 Å². The predicted molar refractivity (Wildman–Crippen MR) is 519 cm³/mol. The van der Waals surface area contributed by atoms with E-state index in [0.29, 0.717) is 78.9 Å². The number of ketones is 1. The van der Waals surface area contributed by atoms with Crippen LogP contribution in [0.2, 0.25) is 0 Å². The quantitative estimate of drug-likeness (QED) is 0.0403. The molecule has 642 valence electrons. The predicted octanol–water partition coefficient (Wildman–Crippen LogP) is 28.5. The fraction of sp³-hybridized carbons (Fsp3) is 0.565. The Morgan fingerprint density at radius 1 is 0.325 bits per heavy atom. The van der Waals surface area contributed by atoms with Crippen LogP contribution in [-0.4, -0.2) is 101 Å². The van der Waals surface area contributed by atoms with Gasteiger partial charge in [-0.25, -0.2) is 0 Å². The number of hydrogen-bond donors (Lipinski definition) is 0. The Morgan fingerprint density at radius 2 is 0.742 bits per heavy atom. The van der Waals surface area contributed by atoms with Gasteiger partial charge in [-0.3, -0.25) is 4.79 Å². The molecule has 5 aliphatic heterocycles. The van der Waals surface area contributed by atoms with Crippen LogP contribution >= 0.6 is 0 Å². The third-order valence-electron chi connectivity index (χ3n) is 27.8. The van der Waals surface area contributed by atoms with E-state index in [0.717, 1.165) is 65.3 Å². The van der Waals surface area contributed by atoms with Gasteiger partial charge in [-0.2, -0.15) is 0 Å². The molecule has 1 atom stereocenters. The third kappa shape index (κ3) is 24.1. The van der Waals surface area contributed by atoms with Crippen LogP contribution in [0.4, 0.5) is 0 Å². The van der Waals surface area contributed by atoms with Crippen LogP contribution in [0.3, 0.4) is 0 Å². The highest BCUT2D eigenvalue weighted by atomic mass is 32.2. The van der Waals surface area contributed by atoms with Crippen molar-refractivity contribution < 1.29 is 33.2 Å². The normalized spacial score (nSPS) is 20.9. The molecule has 120 heavy (non-hydrogen) atoms. The summed E-state index contributed by atoms with van der Waals surface area (Å²) in [5, 5.41) is 10.6. The van der Waals surface area contributed by atoms with Gasteiger partial charge in [-0.1, -0.05) is 131 Å². The molecule has 9 aromatic carbocycles. The van der Waals surface area contributed by atoms with Crippen LogP contribution in [0, 0.1) is 17.8 Å². The van der Waals surface area contributed by atoms with Crippen molar-refractivity contribution in [1.82, 2.24) is 0 Å². The fourth-order valence-corrected chi connectivity index (χ4v) is 33.0. The van der Waals surface area contributed by atoms with E-state index in [9.17, 15) is 4.79 Å². The van der Waals surface area contributed by atoms with E-state index in [1.54, 1.807) is 16.7 Å². The molecule has 0 N–H and O–H groups in total. The molecular weight excluding hydrogens is 1570 g/mol. The van der Waals surface area contributed by atoms with Crippen LogP contribution in [0.15, 0.2) is 182 Å². The van der Waals surface area contributed by atoms with E-state index >= 15 is 0 Å². The molecule has 0 spiro atoms. The minimum atomic E-state index is 0.142. The zero-order chi connectivity index (χ0) is 81.4. The molecule has 20 rings (SSSR count). The Labute approximate surface area is 736 Å². The first kappa shape index (κ1) is 87.7. The van der Waals surface area contributed by atoms with E-state index in [4.69, 9.17) is 28.4 Å². The Balaban J connectivity index is 0.000000113. The van der Waals surface area contributed by atoms with Crippen molar-refractivity contribution in [2.75, 3.05) is 70.7 Å². The Morgan fingerprint density at radius 3 is 1.30 bits per heavy atom. The van der Waals surface area contributed by atoms with E-state index < -0.39 is 0 Å². The summed E-state index contributed by atoms with van der Waals surface area (Å²) >= 11 is 0. The lowest BCUT2D eigenvalue weighted by molar-refractivity contribution is 0.101. The largest absolute Gasteiger partial charge is 0.493 e. The number of carbonyl (C=O) groups is 1. The van der Waals surface area contributed by atoms with E-state index in [1.165, 1.54) is 378 Å². The minimum Gasteiger partial charge on any atom is -0.493 e. The zero-order valence-corrected chi connectivity index (χ0v) is 77.3. The molecule has 0 radical (unpaired) electrons. The molecule has 0 aromatic heterocycles. The molecule has 6 aliphatic carbocycles. The highest BCUT2D eigenvalue weighted by Crippen LogP contribution is 2.46. The second-order valence-electron chi connectivity index (χ2n) is 36.8. The Kier molecular flexibility index (Phi) is 33.2. The van der Waals surface area contributed by atoms with E-state index in [-0.39, 0.29) is 5.78 Å². The fourth-order valence-electron chi connectivity index (χ4n) is 20.6. The molecule has 0 bridgehead atoms. The number of ether oxygens (including phenoxy) is 6. The average Bonchev–Trinajstić information content (AvgIpc) is 1.12. The van der Waals surface area contributed by atoms with Gasteiger partial charge in [0, 0.05) is 92.4 Å². The minimum absolute atomic E-state index is 0.142. The number of hydrogen-bond acceptors (Lipinski definition) is 7. The van der Waals surface area contributed by atoms with Gasteiger partial charge in [0.05, 0.1) is 43.0 Å². The van der Waals surface area contributed by atoms with Gasteiger partial charge in [0.1, 0.15) is 86.3 Å². The first-order valence-electron chi connectivity index (χ1n) is 48.3. The van der Waals surface area contributed by atoms with Gasteiger partial charge in [0.25, 0.3) is 0 Å². The van der Waals surface area contributed by atoms with Crippen molar-refractivity contribution in [3.63, 3.8) is 0 Å². The van der Waals surface area contributed by atoms with Crippen molar-refractivity contribution in [3.05, 3.63) is 163 Å². The zero-order valence-electron chi connectivity index (χ0n) is 73.2. The summed E-state index contributed by atoms with van der Waals surface area (Å²) in [4.78, 5) is 19.6. The molecule has 11 fully saturated rings. The van der Waals surface area contributed by atoms with Crippen molar-refractivity contribution >= 4 is 103 Å². The average molecular weight is 1710 g/mol. The summed E-state index contributed by atoms with van der Waals surface area (Å²) in [5.74, 6) is 22.6. The summed E-state index contributed by atoms with van der Waals surface area (Å²) in [5.41, 5.74) is 0.814. The van der Waals surface area contributed by atoms with Crippen LogP contribution in [-0.2, 0) is 54.5 Å². The number of Topliss-reactive ketones (excluding diaryl/α,β-unsaturated/α-hetero) is 1. The molecule has 6 saturated carbocycles. The van der Waals surface area contributed by atoms with Crippen LogP contribution < -0.4 is 28.4 Å². The molecule has 9 aromatic rings. The summed E-state index contributed by atoms with van der Waals surface area (Å²) in [6.45, 7) is 5.72. The van der Waals surface area contributed by atoms with Gasteiger partial charge in [-0.15, -0.1) is 0 Å². The summed E-state index contributed by atoms with van der Waals surface area (Å²) in [7, 11) is 2.06. The van der Waals surface area contributed by atoms with Gasteiger partial charge in [0.2, 0.25) is 4.90 Å². The maximum absolute atomic E-state index is 11.9. The summed E-state index contributed by atoms with van der Waals surface area (Å²) < 4.78 is 38.5. The van der Waals surface area contributed by atoms with E-state index in [2.05, 4.69) is 159 Å². The highest BCUT2D eigenvalue weighted by Gasteiger charge is 2.38. The second kappa shape index (κ2) is 45.4. The Bertz CT molecular complexity index is 4650. The number of benzene rings is 9. The number of fused-ring (bicyclic) bond motifs is 4. The molecule has 5 saturated heterocycles. The van der Waals surface area contributed by atoms with Gasteiger partial charge >= 0.3 is 0 Å². The maximum Gasteiger partial charge on any atom is 0.204 e. The van der Waals surface area contributed by atoms with Crippen LogP contribution in [0.1, 0.15) is 281 Å². The monoisotopic (exact) mass is 1710 g/mol. The maximum atomic E-state index is 11.9. The Hall–Kier alpha value is -5.76. The third-order valence-corrected chi connectivity index (χ3v) is 40.5. The highest BCUT2D eigenvalue weighted by molar-refractivity contribution is 7.98. The molecule has 1 unspecified atom stereocenters. The standard InChI is InChI=1S/C28H39O2S.C23H29O2S.C21H27OS.C19H23OS.C17H25OS/c1-2-6-13-22(12-5-1)29-25-18-19-27(31-20-9-10-21-31)28-24(25)16-11-17-26(28)30-23-14-7-3-4-8-15-23;1-17(24)18-10-11-20-21(16-18)23(26-14-6-3-7-15-26)13-12-22(20)25-19-8-4-2-5-9-19;1-2-8-17(9-3-1)16-22-20-12-13-21(23-14-6-7-15-23)19-11-5-4-10-18(19)20;1-14(15-8-9-15)20-18-11-10-16-6-2-3-7-17(16)19(18)21-12-4-5-13-21;1-2-6-15(7-3-1)14-18-16-8-10-17(11-9-16)19-12-4-5-13-19/h11,16-19,22-23H,1-10,12-15,20-21H2;10-13,16,19H,2-9,14-15H2,1H3;4-5,10-13,17H,1-3,6-9,14-16H2;2-3,6-7,10-11,14-15H,4-5,8-9,12-13H2,1H3;8-11,15H,1-7,12-14H2/q5*+1. The lowest BCUT2D eigenvalue weighted by Crippen LogP contribution is -2.20. The van der Waals surface area contributed by atoms with Crippen LogP contribution in [0.25, 0.3) is 43.1 Å². The molecule has 7 nitrogen and oxygen atoms in total. The lowest BCUT2D eigenvalue weighted by Gasteiger charge is -2.24. The lowest BCUT2D eigenvalue weighted by atomic mass is 9.90. The second-order valence-corrected chi connectivity index (χ2v) is 48.0. The van der Waals surface area contributed by atoms with Gasteiger partial charge < -0.3 is 28.4 Å². The topological polar surface area (TPSA) is 72.5 Å². The molecular formula is C108H143O7S5+5. The number of carbonyl (C=O) groups excluding carboxylic acids is 1. The van der Waals surface area contributed by atoms with Crippen molar-refractivity contribution in [3.8, 4) is 34.5 Å². The first-order valence-corrected chi connectivity index (χ1v) is 56.1. The smallest absolute Gasteiger partial charge is 0.204 e. The number of rotatable bonds is 21. The van der Waals surface area contributed by atoms with Gasteiger partial charge in [0.15, 0.2) is 31.1 Å². The van der Waals surface area contributed by atoms with Crippen LogP contribution in [0.5, 0.6) is 34.5 Å². The SMILES string of the molecule is CC(=O)c1ccc2c(OC3CCCCC3)ccc([S+]3CCCCC3)c2c1.CC(Oc1ccc2ccccc2c1[S+]1CCCC1)C1CC1.c1cc(OC2CCCCCC2)c2c([S+]3CCCC3)ccc(OC3CCCCCC3)c2c1.c1cc([S+]2CCCC2)ccc1OCC1CCCCC1.c1ccc2c([S+]3CCCC3)ccc(OCC3CCCCC3)c2c1. The summed E-state index contributed by atoms with van der Waals surface area (Å²) in [6, 6.07) is 57.7. The summed E-state index contributed by atoms with van der Waals surface area (Å²) in [6.07, 6.45) is 54.9. The van der Waals surface area contributed by atoms with Gasteiger partial charge in [-0.05, 0) is 320 Å². The first-order chi connectivity index (χ1) is 59.3. The molecule has 5 heterocycles. The molecule has 11 aliphatic rings. The van der Waals surface area contributed by atoms with E-state index in [1.807, 2.05) is 6.07 Å². The molecule has 12 heteroatoms.